The van der Waals surface area contributed by atoms with Crippen molar-refractivity contribution in [2.45, 2.75) is 206 Å². The number of aryl methyl sites for hydroxylation is 1. The summed E-state index contributed by atoms with van der Waals surface area (Å²) in [6.45, 7) is 41.9. The van der Waals surface area contributed by atoms with E-state index in [0.717, 1.165) is 32.1 Å². The van der Waals surface area contributed by atoms with Gasteiger partial charge in [-0.25, -0.2) is 0 Å². The van der Waals surface area contributed by atoms with Gasteiger partial charge in [0.15, 0.2) is 0 Å². The van der Waals surface area contributed by atoms with Gasteiger partial charge in [-0.2, -0.15) is 0 Å². The molecule has 0 saturated heterocycles. The van der Waals surface area contributed by atoms with Crippen LogP contribution in [0.15, 0.2) is 152 Å². The molecule has 14 rings (SSSR count). The third-order valence-corrected chi connectivity index (χ3v) is 22.5. The van der Waals surface area contributed by atoms with Crippen LogP contribution in [-0.2, 0) is 37.9 Å². The minimum absolute atomic E-state index is 0.00570. The van der Waals surface area contributed by atoms with Gasteiger partial charge in [0.05, 0.1) is 11.2 Å². The smallest absolute Gasteiger partial charge is 0.252 e. The van der Waals surface area contributed by atoms with Crippen LogP contribution < -0.4 is 31.1 Å². The summed E-state index contributed by atoms with van der Waals surface area (Å²) < 4.78 is 0. The van der Waals surface area contributed by atoms with Crippen molar-refractivity contribution < 1.29 is 0 Å². The van der Waals surface area contributed by atoms with Crippen LogP contribution in [0.25, 0.3) is 22.3 Å². The van der Waals surface area contributed by atoms with Crippen molar-refractivity contribution in [1.82, 2.24) is 0 Å². The van der Waals surface area contributed by atoms with Crippen LogP contribution in [0.3, 0.4) is 0 Å². The molecule has 2 atom stereocenters. The lowest BCUT2D eigenvalue weighted by Crippen LogP contribution is -2.62. The average Bonchev–Trinajstić information content (AvgIpc) is 1.13. The fourth-order valence-electron chi connectivity index (χ4n) is 17.5. The largest absolute Gasteiger partial charge is 0.334 e. The van der Waals surface area contributed by atoms with Crippen LogP contribution in [0.4, 0.5) is 45.5 Å². The van der Waals surface area contributed by atoms with Crippen molar-refractivity contribution in [1.29, 1.82) is 0 Å². The molecule has 3 heterocycles. The second-order valence-corrected chi connectivity index (χ2v) is 32.0. The van der Waals surface area contributed by atoms with Gasteiger partial charge in [0.25, 0.3) is 6.71 Å². The Morgan fingerprint density at radius 2 is 0.905 bits per heavy atom. The molecule has 2 unspecified atom stereocenters. The number of fused-ring (bicyclic) bond motifs is 9. The first kappa shape index (κ1) is 55.1. The van der Waals surface area contributed by atoms with E-state index in [1.807, 2.05) is 0 Å². The lowest BCUT2D eigenvalue weighted by atomic mass is 9.33. The molecule has 6 aliphatic rings. The van der Waals surface area contributed by atoms with E-state index in [1.54, 1.807) is 0 Å². The summed E-state index contributed by atoms with van der Waals surface area (Å²) in [6.07, 6.45) is 8.12. The van der Waals surface area contributed by atoms with E-state index in [2.05, 4.69) is 284 Å². The van der Waals surface area contributed by atoms with E-state index in [-0.39, 0.29) is 50.2 Å². The third kappa shape index (κ3) is 8.03. The predicted octanol–water partition coefficient (Wildman–Crippen LogP) is 20.1. The normalized spacial score (nSPS) is 21.9. The summed E-state index contributed by atoms with van der Waals surface area (Å²) in [5.41, 5.74) is 30.7. The highest BCUT2D eigenvalue weighted by Gasteiger charge is 2.59. The van der Waals surface area contributed by atoms with Crippen molar-refractivity contribution in [3.05, 3.63) is 196 Å². The Morgan fingerprint density at radius 3 is 1.54 bits per heavy atom. The Balaban J connectivity index is 1.16. The van der Waals surface area contributed by atoms with Crippen LogP contribution in [0.1, 0.15) is 200 Å². The number of anilines is 8. The molecule has 8 aromatic carbocycles. The Labute approximate surface area is 505 Å². The SMILES string of the molecule is Cc1cc2c(cc1N1c3ccc(C(C)(C)C)cc3B3c4cc5c(cc4N(c4ccc(C(C)(C)C)cc4-c4ccccc4)c4cc(N6c7ccc(-c8ccccc8)cc7C7(C)CCCCC67C)cc1c43)C(C)(C)CCC5(C)C)C(C)(C)CC2(C)C. The summed E-state index contributed by atoms with van der Waals surface area (Å²) in [6, 6.07) is 61.0. The predicted molar refractivity (Wildman–Crippen MR) is 362 cm³/mol. The molecule has 1 saturated carbocycles. The van der Waals surface area contributed by atoms with Gasteiger partial charge >= 0.3 is 0 Å². The van der Waals surface area contributed by atoms with Crippen molar-refractivity contribution in [3.8, 4) is 22.3 Å². The second kappa shape index (κ2) is 18.1. The molecule has 3 aliphatic carbocycles. The lowest BCUT2D eigenvalue weighted by molar-refractivity contribution is 0.195. The standard InChI is InChI=1S/C80H90BN3/c1-50-40-58-61(78(14,15)49-77(58,12)13)47-68(50)83-67-35-32-55(74(5,6)7)43-63(67)81-64-46-59-60(76(10,11)39-38-75(59,8)9)48-69(64)82(65-34-31-54(73(2,3)4)42-57(65)52-28-22-19-23-29-52)70-44-56(45-71(83)72(70)81)84-66-33-30-53(51-26-20-18-21-27-51)41-62(66)79(16)36-24-25-37-80(79,84)17/h18-23,26-35,40-48H,24-25,36-39,49H2,1-17H3. The van der Waals surface area contributed by atoms with Gasteiger partial charge < -0.3 is 14.7 Å². The minimum atomic E-state index is -0.197. The minimum Gasteiger partial charge on any atom is -0.334 e. The molecule has 428 valence electrons. The van der Waals surface area contributed by atoms with Crippen molar-refractivity contribution in [2.75, 3.05) is 14.7 Å². The van der Waals surface area contributed by atoms with E-state index in [1.165, 1.54) is 141 Å². The van der Waals surface area contributed by atoms with E-state index in [4.69, 9.17) is 0 Å². The van der Waals surface area contributed by atoms with Crippen molar-refractivity contribution >= 4 is 68.6 Å². The highest BCUT2D eigenvalue weighted by Crippen LogP contribution is 2.63. The summed E-state index contributed by atoms with van der Waals surface area (Å²) in [5.74, 6) is 0. The molecule has 0 spiro atoms. The number of nitrogens with zero attached hydrogens (tertiary/aromatic N) is 3. The number of hydrogen-bond acceptors (Lipinski definition) is 3. The van der Waals surface area contributed by atoms with Crippen LogP contribution in [0.2, 0.25) is 0 Å². The van der Waals surface area contributed by atoms with Crippen molar-refractivity contribution in [2.24, 2.45) is 0 Å². The zero-order valence-corrected chi connectivity index (χ0v) is 53.8. The maximum absolute atomic E-state index is 2.87. The quantitative estimate of drug-likeness (QED) is 0.159. The Kier molecular flexibility index (Phi) is 11.9. The average molecular weight is 1100 g/mol. The maximum Gasteiger partial charge on any atom is 0.252 e. The molecule has 0 amide bonds. The summed E-state index contributed by atoms with van der Waals surface area (Å²) in [4.78, 5) is 8.42. The second-order valence-electron chi connectivity index (χ2n) is 32.0. The van der Waals surface area contributed by atoms with Crippen LogP contribution in [-0.4, -0.2) is 12.3 Å². The molecule has 1 fully saturated rings. The highest BCUT2D eigenvalue weighted by molar-refractivity contribution is 7.00. The molecular formula is C80H90BN3. The molecule has 0 aromatic heterocycles. The van der Waals surface area contributed by atoms with Gasteiger partial charge in [-0.15, -0.1) is 0 Å². The Hall–Kier alpha value is -6.78. The molecule has 0 bridgehead atoms. The zero-order valence-electron chi connectivity index (χ0n) is 53.8. The molecule has 3 nitrogen and oxygen atoms in total. The Morgan fingerprint density at radius 1 is 0.393 bits per heavy atom. The van der Waals surface area contributed by atoms with Crippen LogP contribution >= 0.6 is 0 Å². The lowest BCUT2D eigenvalue weighted by Gasteiger charge is -2.51. The van der Waals surface area contributed by atoms with Gasteiger partial charge in [0.1, 0.15) is 0 Å². The van der Waals surface area contributed by atoms with Crippen LogP contribution in [0, 0.1) is 6.92 Å². The van der Waals surface area contributed by atoms with Gasteiger partial charge in [-0.3, -0.25) is 0 Å². The molecule has 4 heteroatoms. The maximum atomic E-state index is 2.87. The van der Waals surface area contributed by atoms with Crippen molar-refractivity contribution in [3.63, 3.8) is 0 Å². The number of hydrogen-bond donors (Lipinski definition) is 0. The summed E-state index contributed by atoms with van der Waals surface area (Å²) in [5, 5.41) is 0. The monoisotopic (exact) mass is 1100 g/mol. The molecular weight excluding hydrogens is 1010 g/mol. The fraction of sp³-hybridized carbons (Fsp3) is 0.400. The molecule has 0 N–H and O–H groups in total. The van der Waals surface area contributed by atoms with E-state index >= 15 is 0 Å². The fourth-order valence-corrected chi connectivity index (χ4v) is 17.5. The zero-order chi connectivity index (χ0) is 59.2. The van der Waals surface area contributed by atoms with E-state index in [9.17, 15) is 0 Å². The Bertz CT molecular complexity index is 4030. The van der Waals surface area contributed by atoms with Gasteiger partial charge in [-0.05, 0) is 211 Å². The molecule has 84 heavy (non-hydrogen) atoms. The number of rotatable bonds is 5. The molecule has 8 aromatic rings. The van der Waals surface area contributed by atoms with E-state index < -0.39 is 0 Å². The summed E-state index contributed by atoms with van der Waals surface area (Å²) in [7, 11) is 0. The molecule has 0 radical (unpaired) electrons. The summed E-state index contributed by atoms with van der Waals surface area (Å²) >= 11 is 0. The van der Waals surface area contributed by atoms with Gasteiger partial charge in [0, 0.05) is 50.8 Å². The van der Waals surface area contributed by atoms with Gasteiger partial charge in [0.2, 0.25) is 0 Å². The topological polar surface area (TPSA) is 9.72 Å². The van der Waals surface area contributed by atoms with E-state index in [0.29, 0.717) is 0 Å². The first-order chi connectivity index (χ1) is 39.5. The third-order valence-electron chi connectivity index (χ3n) is 22.5. The first-order valence-electron chi connectivity index (χ1n) is 32.0. The van der Waals surface area contributed by atoms with Crippen LogP contribution in [0.5, 0.6) is 0 Å². The highest BCUT2D eigenvalue weighted by atomic mass is 15.3. The first-order valence-corrected chi connectivity index (χ1v) is 32.0. The number of benzene rings is 8. The van der Waals surface area contributed by atoms with Gasteiger partial charge in [-0.1, -0.05) is 214 Å². The molecule has 3 aliphatic heterocycles.